The molecule has 180 valence electrons. The van der Waals surface area contributed by atoms with E-state index in [2.05, 4.69) is 27.1 Å². The van der Waals surface area contributed by atoms with Gasteiger partial charge in [0.05, 0.1) is 10.8 Å². The van der Waals surface area contributed by atoms with E-state index in [0.717, 1.165) is 42.5 Å². The predicted octanol–water partition coefficient (Wildman–Crippen LogP) is 2.66. The number of hydrogen-bond acceptors (Lipinski definition) is 7. The number of aryl methyl sites for hydroxylation is 1. The van der Waals surface area contributed by atoms with Crippen LogP contribution in [0, 0.1) is 5.41 Å². The molecule has 1 saturated heterocycles. The van der Waals surface area contributed by atoms with E-state index in [1.54, 1.807) is 7.05 Å². The minimum Gasteiger partial charge on any atom is -0.488 e. The van der Waals surface area contributed by atoms with Gasteiger partial charge in [0.25, 0.3) is 5.56 Å². The fourth-order valence-electron chi connectivity index (χ4n) is 5.43. The highest BCUT2D eigenvalue weighted by atomic mass is 32.2. The van der Waals surface area contributed by atoms with Crippen molar-refractivity contribution < 1.29 is 13.2 Å². The average molecular weight is 484 g/mol. The molecule has 0 bridgehead atoms. The highest BCUT2D eigenvalue weighted by Gasteiger charge is 2.52. The van der Waals surface area contributed by atoms with Crippen LogP contribution in [0.5, 0.6) is 5.75 Å². The van der Waals surface area contributed by atoms with Crippen molar-refractivity contribution in [2.75, 3.05) is 24.2 Å². The topological polar surface area (TPSA) is 110 Å². The zero-order valence-electron chi connectivity index (χ0n) is 19.7. The van der Waals surface area contributed by atoms with Gasteiger partial charge in [-0.15, -0.1) is 0 Å². The summed E-state index contributed by atoms with van der Waals surface area (Å²) in [5.74, 6) is 0.798. The fourth-order valence-corrected chi connectivity index (χ4v) is 6.75. The molecule has 1 aliphatic heterocycles. The molecule has 2 saturated carbocycles. The summed E-state index contributed by atoms with van der Waals surface area (Å²) in [6, 6.07) is 7.70. The van der Waals surface area contributed by atoms with Crippen LogP contribution in [0.3, 0.4) is 0 Å². The molecule has 3 heterocycles. The van der Waals surface area contributed by atoms with Crippen molar-refractivity contribution in [3.8, 4) is 17.1 Å². The van der Waals surface area contributed by atoms with E-state index in [-0.39, 0.29) is 21.8 Å². The van der Waals surface area contributed by atoms with Crippen LogP contribution in [0.1, 0.15) is 39.0 Å². The number of rotatable bonds is 5. The van der Waals surface area contributed by atoms with E-state index in [1.807, 2.05) is 24.3 Å². The van der Waals surface area contributed by atoms with Crippen molar-refractivity contribution in [1.82, 2.24) is 20.0 Å². The Labute approximate surface area is 198 Å². The molecule has 10 heteroatoms. The zero-order chi connectivity index (χ0) is 23.9. The van der Waals surface area contributed by atoms with Crippen molar-refractivity contribution in [1.29, 1.82) is 0 Å². The van der Waals surface area contributed by atoms with Gasteiger partial charge in [0, 0.05) is 31.8 Å². The van der Waals surface area contributed by atoms with Crippen molar-refractivity contribution >= 4 is 26.4 Å². The molecule has 2 aliphatic carbocycles. The van der Waals surface area contributed by atoms with Gasteiger partial charge >= 0.3 is 0 Å². The Bertz CT molecular complexity index is 1460. The molecule has 6 rings (SSSR count). The van der Waals surface area contributed by atoms with Crippen LogP contribution in [0.4, 0.5) is 5.69 Å². The van der Waals surface area contributed by atoms with Gasteiger partial charge < -0.3 is 9.64 Å². The first-order valence-electron chi connectivity index (χ1n) is 11.7. The van der Waals surface area contributed by atoms with Crippen LogP contribution in [0.2, 0.25) is 0 Å². The molecule has 1 spiro atoms. The number of nitrogens with one attached hydrogen (secondary N) is 1. The number of H-pyrrole nitrogens is 1. The Kier molecular flexibility index (Phi) is 4.50. The van der Waals surface area contributed by atoms with Crippen LogP contribution in [0.25, 0.3) is 22.3 Å². The predicted molar refractivity (Wildman–Crippen MR) is 130 cm³/mol. The van der Waals surface area contributed by atoms with Gasteiger partial charge in [-0.2, -0.15) is 10.2 Å². The van der Waals surface area contributed by atoms with E-state index in [4.69, 9.17) is 4.74 Å². The molecule has 0 radical (unpaired) electrons. The molecule has 1 aromatic carbocycles. The van der Waals surface area contributed by atoms with Crippen LogP contribution < -0.4 is 15.2 Å². The SMILES string of the molecule is Cn1nc(-c2n[nH]c3ccc(OC4(C)CC4)cc23)cc(N2CCC3(CC(S(C)(=O)=O)C3)C2)c1=O. The summed E-state index contributed by atoms with van der Waals surface area (Å²) in [5.41, 5.74) is 2.48. The van der Waals surface area contributed by atoms with E-state index < -0.39 is 9.84 Å². The molecule has 0 unspecified atom stereocenters. The number of anilines is 1. The Balaban J connectivity index is 1.32. The summed E-state index contributed by atoms with van der Waals surface area (Å²) >= 11 is 0. The van der Waals surface area contributed by atoms with Gasteiger partial charge in [0.2, 0.25) is 0 Å². The number of ether oxygens (including phenoxy) is 1. The maximum Gasteiger partial charge on any atom is 0.290 e. The van der Waals surface area contributed by atoms with Gasteiger partial charge in [0.15, 0.2) is 0 Å². The Hall–Kier alpha value is -2.88. The summed E-state index contributed by atoms with van der Waals surface area (Å²) < 4.78 is 31.3. The van der Waals surface area contributed by atoms with E-state index >= 15 is 0 Å². The number of fused-ring (bicyclic) bond motifs is 1. The lowest BCUT2D eigenvalue weighted by molar-refractivity contribution is 0.169. The summed E-state index contributed by atoms with van der Waals surface area (Å²) in [6.07, 6.45) is 5.66. The highest BCUT2D eigenvalue weighted by molar-refractivity contribution is 7.91. The second-order valence-electron chi connectivity index (χ2n) is 10.7. The summed E-state index contributed by atoms with van der Waals surface area (Å²) in [4.78, 5) is 15.1. The summed E-state index contributed by atoms with van der Waals surface area (Å²) in [7, 11) is -1.36. The number of aromatic nitrogens is 4. The minimum absolute atomic E-state index is 0.0214. The van der Waals surface area contributed by atoms with Gasteiger partial charge in [-0.25, -0.2) is 13.1 Å². The molecule has 2 aromatic heterocycles. The normalized spacial score (nSPS) is 25.6. The first-order chi connectivity index (χ1) is 16.0. The van der Waals surface area contributed by atoms with Gasteiger partial charge in [0.1, 0.15) is 38.3 Å². The smallest absolute Gasteiger partial charge is 0.290 e. The van der Waals surface area contributed by atoms with E-state index in [0.29, 0.717) is 36.5 Å². The molecule has 1 N–H and O–H groups in total. The summed E-state index contributed by atoms with van der Waals surface area (Å²) in [6.45, 7) is 3.53. The molecule has 3 aromatic rings. The third kappa shape index (κ3) is 3.59. The molecule has 0 atom stereocenters. The molecule has 0 amide bonds. The second-order valence-corrected chi connectivity index (χ2v) is 13.0. The average Bonchev–Trinajstić information content (AvgIpc) is 3.14. The quantitative estimate of drug-likeness (QED) is 0.594. The minimum atomic E-state index is -3.01. The second kappa shape index (κ2) is 7.07. The molecule has 9 nitrogen and oxygen atoms in total. The van der Waals surface area contributed by atoms with Crippen LogP contribution in [-0.2, 0) is 16.9 Å². The first-order valence-corrected chi connectivity index (χ1v) is 13.7. The zero-order valence-corrected chi connectivity index (χ0v) is 20.5. The third-order valence-corrected chi connectivity index (χ3v) is 9.39. The van der Waals surface area contributed by atoms with Gasteiger partial charge in [-0.05, 0) is 68.7 Å². The Morgan fingerprint density at radius 1 is 1.18 bits per heavy atom. The largest absolute Gasteiger partial charge is 0.488 e. The van der Waals surface area contributed by atoms with Crippen LogP contribution >= 0.6 is 0 Å². The van der Waals surface area contributed by atoms with Crippen molar-refractivity contribution in [3.05, 3.63) is 34.6 Å². The maximum absolute atomic E-state index is 13.0. The van der Waals surface area contributed by atoms with E-state index in [1.165, 1.54) is 10.9 Å². The standard InChI is InChI=1S/C24H29N5O4S/c1-23(6-7-23)33-15-4-5-18-17(10-15)21(26-25-18)19-11-20(22(30)28(2)27-19)29-9-8-24(14-29)12-16(13-24)34(3,31)32/h4-5,10-11,16H,6-9,12-14H2,1-3H3,(H,25,26). The lowest BCUT2D eigenvalue weighted by Crippen LogP contribution is -2.47. The van der Waals surface area contributed by atoms with Gasteiger partial charge in [-0.3, -0.25) is 9.89 Å². The highest BCUT2D eigenvalue weighted by Crippen LogP contribution is 2.51. The maximum atomic E-state index is 13.0. The monoisotopic (exact) mass is 483 g/mol. The molecule has 3 fully saturated rings. The molecule has 34 heavy (non-hydrogen) atoms. The first kappa shape index (κ1) is 21.6. The third-order valence-electron chi connectivity index (χ3n) is 7.85. The van der Waals surface area contributed by atoms with Crippen molar-refractivity contribution in [3.63, 3.8) is 0 Å². The Morgan fingerprint density at radius 2 is 1.94 bits per heavy atom. The Morgan fingerprint density at radius 3 is 2.65 bits per heavy atom. The number of nitrogens with zero attached hydrogens (tertiary/aromatic N) is 4. The van der Waals surface area contributed by atoms with E-state index in [9.17, 15) is 13.2 Å². The summed E-state index contributed by atoms with van der Waals surface area (Å²) in [5, 5.41) is 12.7. The van der Waals surface area contributed by atoms with Crippen LogP contribution in [0.15, 0.2) is 29.1 Å². The lowest BCUT2D eigenvalue weighted by atomic mass is 9.68. The number of aromatic amines is 1. The number of benzene rings is 1. The molecular formula is C24H29N5O4S. The fraction of sp³-hybridized carbons (Fsp3) is 0.542. The van der Waals surface area contributed by atoms with Crippen LogP contribution in [-0.4, -0.2) is 58.6 Å². The number of sulfone groups is 1. The molecular weight excluding hydrogens is 454 g/mol. The van der Waals surface area contributed by atoms with Crippen molar-refractivity contribution in [2.24, 2.45) is 12.5 Å². The van der Waals surface area contributed by atoms with Crippen molar-refractivity contribution in [2.45, 2.75) is 49.9 Å². The van der Waals surface area contributed by atoms with Gasteiger partial charge in [-0.1, -0.05) is 0 Å². The molecule has 3 aliphatic rings. The lowest BCUT2D eigenvalue weighted by Gasteiger charge is -2.44. The number of hydrogen-bond donors (Lipinski definition) is 1.